The fourth-order valence-corrected chi connectivity index (χ4v) is 0.372. The second-order valence-corrected chi connectivity index (χ2v) is 1.74. The monoisotopic (exact) mass is 138 g/mol. The molecule has 0 aliphatic rings. The molecular formula is C5H15ClN2. The van der Waals surface area contributed by atoms with Crippen molar-refractivity contribution in [2.75, 3.05) is 6.54 Å². The molecule has 0 saturated carbocycles. The quantitative estimate of drug-likeness (QED) is 0.564. The Labute approximate surface area is 57.2 Å². The standard InChI is InChI=1S/C5H14N2.ClH/c1-3-4-7-5(2)6;/h5,7H,3-4,6H2,1-2H3;1H. The van der Waals surface area contributed by atoms with Gasteiger partial charge in [-0.3, -0.25) is 0 Å². The number of halogens is 1. The molecule has 0 rings (SSSR count). The van der Waals surface area contributed by atoms with E-state index in [1.165, 1.54) is 0 Å². The molecule has 3 N–H and O–H groups in total. The molecule has 0 aromatic heterocycles. The smallest absolute Gasteiger partial charge is 0.0517 e. The number of nitrogens with one attached hydrogen (secondary N) is 1. The first-order valence-corrected chi connectivity index (χ1v) is 2.76. The molecule has 0 aliphatic carbocycles. The molecule has 8 heavy (non-hydrogen) atoms. The first kappa shape index (κ1) is 11.1. The first-order chi connectivity index (χ1) is 3.27. The molecule has 0 heterocycles. The number of rotatable bonds is 3. The second-order valence-electron chi connectivity index (χ2n) is 1.74. The van der Waals surface area contributed by atoms with Gasteiger partial charge in [0.05, 0.1) is 6.17 Å². The zero-order valence-electron chi connectivity index (χ0n) is 5.48. The van der Waals surface area contributed by atoms with Crippen LogP contribution in [0.15, 0.2) is 0 Å². The summed E-state index contributed by atoms with van der Waals surface area (Å²) in [5.74, 6) is 0. The first-order valence-electron chi connectivity index (χ1n) is 2.76. The van der Waals surface area contributed by atoms with Gasteiger partial charge in [-0.25, -0.2) is 0 Å². The van der Waals surface area contributed by atoms with Gasteiger partial charge < -0.3 is 11.1 Å². The van der Waals surface area contributed by atoms with Gasteiger partial charge in [0, 0.05) is 0 Å². The van der Waals surface area contributed by atoms with E-state index in [0.717, 1.165) is 13.0 Å². The number of hydrogen-bond donors (Lipinski definition) is 2. The van der Waals surface area contributed by atoms with Crippen molar-refractivity contribution in [3.8, 4) is 0 Å². The fraction of sp³-hybridized carbons (Fsp3) is 1.00. The van der Waals surface area contributed by atoms with Crippen LogP contribution in [-0.2, 0) is 0 Å². The number of nitrogens with two attached hydrogens (primary N) is 1. The Kier molecular flexibility index (Phi) is 9.97. The van der Waals surface area contributed by atoms with Crippen LogP contribution in [0, 0.1) is 0 Å². The van der Waals surface area contributed by atoms with Crippen LogP contribution in [-0.4, -0.2) is 12.7 Å². The van der Waals surface area contributed by atoms with Gasteiger partial charge >= 0.3 is 0 Å². The van der Waals surface area contributed by atoms with E-state index >= 15 is 0 Å². The van der Waals surface area contributed by atoms with Crippen molar-refractivity contribution in [3.63, 3.8) is 0 Å². The van der Waals surface area contributed by atoms with Crippen LogP contribution in [0.5, 0.6) is 0 Å². The van der Waals surface area contributed by atoms with Gasteiger partial charge in [0.1, 0.15) is 0 Å². The molecule has 3 heteroatoms. The molecule has 0 aromatic rings. The van der Waals surface area contributed by atoms with Gasteiger partial charge in [0.25, 0.3) is 0 Å². The Hall–Kier alpha value is 0.210. The largest absolute Gasteiger partial charge is 0.316 e. The van der Waals surface area contributed by atoms with Crippen molar-refractivity contribution < 1.29 is 0 Å². The van der Waals surface area contributed by atoms with Gasteiger partial charge in [0.2, 0.25) is 0 Å². The molecular weight excluding hydrogens is 124 g/mol. The summed E-state index contributed by atoms with van der Waals surface area (Å²) >= 11 is 0. The maximum Gasteiger partial charge on any atom is 0.0517 e. The minimum atomic E-state index is 0. The maximum atomic E-state index is 5.37. The average Bonchev–Trinajstić information content (AvgIpc) is 1.61. The lowest BCUT2D eigenvalue weighted by atomic mass is 10.4. The second kappa shape index (κ2) is 7.21. The predicted octanol–water partition coefficient (Wildman–Crippen LogP) is 0.712. The third-order valence-electron chi connectivity index (χ3n) is 0.716. The molecule has 52 valence electrons. The molecule has 0 aliphatic heterocycles. The molecule has 2 nitrogen and oxygen atoms in total. The van der Waals surface area contributed by atoms with Crippen LogP contribution < -0.4 is 11.1 Å². The van der Waals surface area contributed by atoms with E-state index in [0.29, 0.717) is 0 Å². The Balaban J connectivity index is 0. The van der Waals surface area contributed by atoms with Crippen molar-refractivity contribution >= 4 is 12.4 Å². The summed E-state index contributed by atoms with van der Waals surface area (Å²) in [5, 5.41) is 3.07. The van der Waals surface area contributed by atoms with Crippen molar-refractivity contribution in [2.45, 2.75) is 26.4 Å². The van der Waals surface area contributed by atoms with Crippen molar-refractivity contribution in [2.24, 2.45) is 5.73 Å². The minimum absolute atomic E-state index is 0. The van der Waals surface area contributed by atoms with Crippen LogP contribution in [0.1, 0.15) is 20.3 Å². The summed E-state index contributed by atoms with van der Waals surface area (Å²) in [6.07, 6.45) is 1.31. The Morgan fingerprint density at radius 2 is 2.12 bits per heavy atom. The van der Waals surface area contributed by atoms with Crippen LogP contribution in [0.25, 0.3) is 0 Å². The van der Waals surface area contributed by atoms with Gasteiger partial charge in [-0.2, -0.15) is 0 Å². The van der Waals surface area contributed by atoms with Gasteiger partial charge in [0.15, 0.2) is 0 Å². The highest BCUT2D eigenvalue weighted by molar-refractivity contribution is 5.85. The topological polar surface area (TPSA) is 38.0 Å². The van der Waals surface area contributed by atoms with E-state index in [1.54, 1.807) is 0 Å². The zero-order chi connectivity index (χ0) is 5.70. The maximum absolute atomic E-state index is 5.37. The van der Waals surface area contributed by atoms with Crippen LogP contribution in [0.3, 0.4) is 0 Å². The summed E-state index contributed by atoms with van der Waals surface area (Å²) in [7, 11) is 0. The van der Waals surface area contributed by atoms with E-state index in [-0.39, 0.29) is 18.6 Å². The highest BCUT2D eigenvalue weighted by Gasteiger charge is 1.85. The van der Waals surface area contributed by atoms with Gasteiger partial charge in [-0.1, -0.05) is 6.92 Å². The van der Waals surface area contributed by atoms with Crippen LogP contribution in [0.4, 0.5) is 0 Å². The van der Waals surface area contributed by atoms with E-state index < -0.39 is 0 Å². The van der Waals surface area contributed by atoms with Crippen molar-refractivity contribution in [1.82, 2.24) is 5.32 Å². The molecule has 0 fully saturated rings. The predicted molar refractivity (Wildman–Crippen MR) is 39.2 cm³/mol. The third-order valence-corrected chi connectivity index (χ3v) is 0.716. The Bertz CT molecular complexity index is 39.4. The summed E-state index contributed by atoms with van der Waals surface area (Å²) in [6, 6.07) is 0. The number of hydrogen-bond acceptors (Lipinski definition) is 2. The normalized spacial score (nSPS) is 12.4. The average molecular weight is 139 g/mol. The van der Waals surface area contributed by atoms with E-state index in [9.17, 15) is 0 Å². The molecule has 0 spiro atoms. The Morgan fingerprint density at radius 3 is 2.25 bits per heavy atom. The lowest BCUT2D eigenvalue weighted by Crippen LogP contribution is -2.34. The fourth-order valence-electron chi connectivity index (χ4n) is 0.372. The van der Waals surface area contributed by atoms with Crippen LogP contribution in [0.2, 0.25) is 0 Å². The summed E-state index contributed by atoms with van der Waals surface area (Å²) < 4.78 is 0. The lowest BCUT2D eigenvalue weighted by molar-refractivity contribution is 0.563. The molecule has 0 bridgehead atoms. The van der Waals surface area contributed by atoms with Gasteiger partial charge in [-0.05, 0) is 19.9 Å². The highest BCUT2D eigenvalue weighted by atomic mass is 35.5. The van der Waals surface area contributed by atoms with Gasteiger partial charge in [-0.15, -0.1) is 12.4 Å². The molecule has 0 radical (unpaired) electrons. The summed E-state index contributed by atoms with van der Waals surface area (Å²) in [6.45, 7) is 5.09. The van der Waals surface area contributed by atoms with Crippen molar-refractivity contribution in [1.29, 1.82) is 0 Å². The Morgan fingerprint density at radius 1 is 1.62 bits per heavy atom. The van der Waals surface area contributed by atoms with Crippen LogP contribution >= 0.6 is 12.4 Å². The summed E-state index contributed by atoms with van der Waals surface area (Å²) in [4.78, 5) is 0. The SMILES string of the molecule is CCCNC(C)N.Cl. The molecule has 0 amide bonds. The summed E-state index contributed by atoms with van der Waals surface area (Å²) in [5.41, 5.74) is 5.37. The van der Waals surface area contributed by atoms with E-state index in [2.05, 4.69) is 12.2 Å². The zero-order valence-corrected chi connectivity index (χ0v) is 6.29. The highest BCUT2D eigenvalue weighted by Crippen LogP contribution is 1.70. The minimum Gasteiger partial charge on any atom is -0.316 e. The van der Waals surface area contributed by atoms with E-state index in [1.807, 2.05) is 6.92 Å². The van der Waals surface area contributed by atoms with Crippen molar-refractivity contribution in [3.05, 3.63) is 0 Å². The lowest BCUT2D eigenvalue weighted by Gasteiger charge is -2.03. The molecule has 1 atom stereocenters. The molecule has 1 unspecified atom stereocenters. The molecule has 0 aromatic carbocycles. The van der Waals surface area contributed by atoms with E-state index in [4.69, 9.17) is 5.73 Å². The third kappa shape index (κ3) is 9.51. The molecule has 0 saturated heterocycles.